The van der Waals surface area contributed by atoms with Gasteiger partial charge in [0.15, 0.2) is 5.41 Å². The first-order valence-electron chi connectivity index (χ1n) is 12.8. The largest absolute Gasteiger partial charge is 0.465 e. The molecule has 0 bridgehead atoms. The summed E-state index contributed by atoms with van der Waals surface area (Å²) < 4.78 is 11.0. The van der Waals surface area contributed by atoms with Crippen LogP contribution in [0.4, 0.5) is 0 Å². The number of hydrogen-bond donors (Lipinski definition) is 0. The van der Waals surface area contributed by atoms with Gasteiger partial charge in [0.25, 0.3) is 0 Å². The molecule has 0 heterocycles. The van der Waals surface area contributed by atoms with Crippen molar-refractivity contribution in [3.63, 3.8) is 0 Å². The van der Waals surface area contributed by atoms with Crippen LogP contribution >= 0.6 is 0 Å². The summed E-state index contributed by atoms with van der Waals surface area (Å²) in [5, 5.41) is 0. The van der Waals surface area contributed by atoms with E-state index in [9.17, 15) is 9.59 Å². The molecule has 4 nitrogen and oxygen atoms in total. The van der Waals surface area contributed by atoms with Crippen molar-refractivity contribution >= 4 is 11.9 Å². The first kappa shape index (κ1) is 28.9. The summed E-state index contributed by atoms with van der Waals surface area (Å²) >= 11 is 0. The Kier molecular flexibility index (Phi) is 18.0. The van der Waals surface area contributed by atoms with E-state index in [0.717, 1.165) is 25.7 Å². The number of rotatable bonds is 20. The summed E-state index contributed by atoms with van der Waals surface area (Å²) in [6.45, 7) is 11.0. The first-order chi connectivity index (χ1) is 14.5. The molecule has 0 amide bonds. The van der Waals surface area contributed by atoms with Gasteiger partial charge in [0.1, 0.15) is 0 Å². The third-order valence-corrected chi connectivity index (χ3v) is 6.51. The average molecular weight is 427 g/mol. The van der Waals surface area contributed by atoms with Crippen molar-refractivity contribution in [1.29, 1.82) is 0 Å². The Labute approximate surface area is 186 Å². The van der Waals surface area contributed by atoms with E-state index in [2.05, 4.69) is 20.8 Å². The van der Waals surface area contributed by atoms with Crippen LogP contribution in [-0.4, -0.2) is 25.2 Å². The van der Waals surface area contributed by atoms with Crippen molar-refractivity contribution in [2.75, 3.05) is 13.2 Å². The van der Waals surface area contributed by atoms with Gasteiger partial charge in [-0.1, -0.05) is 105 Å². The maximum atomic E-state index is 12.7. The first-order valence-corrected chi connectivity index (χ1v) is 12.8. The molecule has 0 aliphatic heterocycles. The van der Waals surface area contributed by atoms with Crippen molar-refractivity contribution in [1.82, 2.24) is 0 Å². The monoisotopic (exact) mass is 426 g/mol. The zero-order chi connectivity index (χ0) is 22.7. The van der Waals surface area contributed by atoms with E-state index in [-0.39, 0.29) is 0 Å². The molecule has 1 atom stereocenters. The maximum Gasteiger partial charge on any atom is 0.323 e. The van der Waals surface area contributed by atoms with Gasteiger partial charge >= 0.3 is 11.9 Å². The van der Waals surface area contributed by atoms with Crippen LogP contribution in [0, 0.1) is 11.3 Å². The van der Waals surface area contributed by atoms with Crippen molar-refractivity contribution in [3.8, 4) is 0 Å². The minimum Gasteiger partial charge on any atom is -0.465 e. The molecule has 0 aromatic carbocycles. The van der Waals surface area contributed by atoms with Crippen molar-refractivity contribution < 1.29 is 19.1 Å². The van der Waals surface area contributed by atoms with Crippen LogP contribution in [0.2, 0.25) is 0 Å². The van der Waals surface area contributed by atoms with Gasteiger partial charge in [-0.25, -0.2) is 0 Å². The fraction of sp³-hybridized carbons (Fsp3) is 0.923. The molecule has 0 aliphatic rings. The third kappa shape index (κ3) is 12.0. The molecule has 1 unspecified atom stereocenters. The highest BCUT2D eigenvalue weighted by Gasteiger charge is 2.45. The molecule has 0 spiro atoms. The molecule has 4 heteroatoms. The summed E-state index contributed by atoms with van der Waals surface area (Å²) in [6.07, 6.45) is 16.6. The average Bonchev–Trinajstić information content (AvgIpc) is 2.75. The highest BCUT2D eigenvalue weighted by Crippen LogP contribution is 2.30. The highest BCUT2D eigenvalue weighted by molar-refractivity contribution is 5.99. The Hall–Kier alpha value is -1.06. The predicted molar refractivity (Wildman–Crippen MR) is 125 cm³/mol. The SMILES string of the molecule is CCCCCCCCCCCCCOC(=O)C(CC)(CC)C(=O)OCCC(C)CC. The zero-order valence-corrected chi connectivity index (χ0v) is 20.7. The van der Waals surface area contributed by atoms with Gasteiger partial charge in [-0.05, 0) is 31.6 Å². The summed E-state index contributed by atoms with van der Waals surface area (Å²) in [7, 11) is 0. The fourth-order valence-electron chi connectivity index (χ4n) is 3.68. The smallest absolute Gasteiger partial charge is 0.323 e. The Morgan fingerprint density at radius 3 is 1.53 bits per heavy atom. The molecule has 30 heavy (non-hydrogen) atoms. The van der Waals surface area contributed by atoms with Crippen LogP contribution in [0.3, 0.4) is 0 Å². The van der Waals surface area contributed by atoms with E-state index in [1.54, 1.807) is 0 Å². The lowest BCUT2D eigenvalue weighted by molar-refractivity contribution is -0.173. The molecule has 0 rings (SSSR count). The van der Waals surface area contributed by atoms with Crippen LogP contribution in [0.5, 0.6) is 0 Å². The summed E-state index contributed by atoms with van der Waals surface area (Å²) in [5.41, 5.74) is -1.15. The van der Waals surface area contributed by atoms with Crippen LogP contribution in [0.1, 0.15) is 131 Å². The lowest BCUT2D eigenvalue weighted by Gasteiger charge is -2.27. The van der Waals surface area contributed by atoms with Crippen LogP contribution in [0.25, 0.3) is 0 Å². The van der Waals surface area contributed by atoms with Gasteiger partial charge in [-0.15, -0.1) is 0 Å². The molecule has 0 saturated heterocycles. The van der Waals surface area contributed by atoms with Gasteiger partial charge in [-0.2, -0.15) is 0 Å². The summed E-state index contributed by atoms with van der Waals surface area (Å²) in [6, 6.07) is 0. The molecular formula is C26H50O4. The number of carbonyl (C=O) groups excluding carboxylic acids is 2. The maximum absolute atomic E-state index is 12.7. The van der Waals surface area contributed by atoms with Crippen molar-refractivity contribution in [3.05, 3.63) is 0 Å². The van der Waals surface area contributed by atoms with Gasteiger partial charge in [-0.3, -0.25) is 9.59 Å². The molecule has 0 aromatic rings. The Balaban J connectivity index is 4.03. The van der Waals surface area contributed by atoms with Crippen molar-refractivity contribution in [2.24, 2.45) is 11.3 Å². The standard InChI is InChI=1S/C26H50O4/c1-6-10-11-12-13-14-15-16-17-18-19-21-29-24(27)26(8-3,9-4)25(28)30-22-20-23(5)7-2/h23H,6-22H2,1-5H3. The van der Waals surface area contributed by atoms with Crippen LogP contribution in [-0.2, 0) is 19.1 Å². The van der Waals surface area contributed by atoms with Crippen LogP contribution in [0.15, 0.2) is 0 Å². The molecule has 0 aliphatic carbocycles. The summed E-state index contributed by atoms with van der Waals surface area (Å²) in [4.78, 5) is 25.3. The Morgan fingerprint density at radius 2 is 1.10 bits per heavy atom. The van der Waals surface area contributed by atoms with Gasteiger partial charge in [0, 0.05) is 0 Å². The molecule has 0 fully saturated rings. The number of esters is 2. The number of unbranched alkanes of at least 4 members (excludes halogenated alkanes) is 10. The van der Waals surface area contributed by atoms with E-state index in [1.807, 2.05) is 13.8 Å². The second-order valence-corrected chi connectivity index (χ2v) is 8.90. The van der Waals surface area contributed by atoms with E-state index in [1.165, 1.54) is 57.8 Å². The van der Waals surface area contributed by atoms with E-state index in [0.29, 0.717) is 32.0 Å². The number of hydrogen-bond acceptors (Lipinski definition) is 4. The quantitative estimate of drug-likeness (QED) is 0.114. The Bertz CT molecular complexity index is 429. The normalized spacial score (nSPS) is 12.6. The van der Waals surface area contributed by atoms with Gasteiger partial charge in [0.2, 0.25) is 0 Å². The second-order valence-electron chi connectivity index (χ2n) is 8.90. The van der Waals surface area contributed by atoms with Crippen LogP contribution < -0.4 is 0 Å². The molecule has 178 valence electrons. The number of ether oxygens (including phenoxy) is 2. The third-order valence-electron chi connectivity index (χ3n) is 6.51. The fourth-order valence-corrected chi connectivity index (χ4v) is 3.68. The predicted octanol–water partition coefficient (Wildman–Crippen LogP) is 7.63. The lowest BCUT2D eigenvalue weighted by Crippen LogP contribution is -2.41. The second kappa shape index (κ2) is 18.7. The van der Waals surface area contributed by atoms with E-state index < -0.39 is 17.4 Å². The van der Waals surface area contributed by atoms with Crippen molar-refractivity contribution in [2.45, 2.75) is 131 Å². The van der Waals surface area contributed by atoms with E-state index >= 15 is 0 Å². The molecule has 0 N–H and O–H groups in total. The molecule has 0 aromatic heterocycles. The molecular weight excluding hydrogens is 376 g/mol. The minimum atomic E-state index is -1.15. The molecule has 0 saturated carbocycles. The highest BCUT2D eigenvalue weighted by atomic mass is 16.6. The van der Waals surface area contributed by atoms with Gasteiger partial charge in [0.05, 0.1) is 13.2 Å². The lowest BCUT2D eigenvalue weighted by atomic mass is 9.82. The minimum absolute atomic E-state index is 0.376. The Morgan fingerprint density at radius 1 is 0.667 bits per heavy atom. The topological polar surface area (TPSA) is 52.6 Å². The molecule has 0 radical (unpaired) electrons. The van der Waals surface area contributed by atoms with E-state index in [4.69, 9.17) is 9.47 Å². The zero-order valence-electron chi connectivity index (χ0n) is 20.7. The van der Waals surface area contributed by atoms with Gasteiger partial charge < -0.3 is 9.47 Å². The number of carbonyl (C=O) groups is 2. The summed E-state index contributed by atoms with van der Waals surface area (Å²) in [5.74, 6) is -0.309.